The largest absolute Gasteiger partial charge is 0.390 e. The Balaban J connectivity index is 3.86. The minimum Gasteiger partial charge on any atom is -0.390 e. The first-order valence-corrected chi connectivity index (χ1v) is 5.81. The van der Waals surface area contributed by atoms with Crippen LogP contribution in [0.15, 0.2) is 12.2 Å². The van der Waals surface area contributed by atoms with Gasteiger partial charge < -0.3 is 14.9 Å². The molecule has 16 heavy (non-hydrogen) atoms. The Morgan fingerprint density at radius 2 is 2.06 bits per heavy atom. The Hall–Kier alpha value is -0.870. The lowest BCUT2D eigenvalue weighted by atomic mass is 10.2. The van der Waals surface area contributed by atoms with Crippen LogP contribution in [0.2, 0.25) is 0 Å². The van der Waals surface area contributed by atoms with E-state index in [1.54, 1.807) is 7.05 Å². The maximum absolute atomic E-state index is 10.4. The second-order valence-electron chi connectivity index (χ2n) is 3.95. The molecule has 0 aromatic heterocycles. The number of amides is 1. The number of aliphatic hydroxyl groups is 1. The Labute approximate surface area is 98.5 Å². The van der Waals surface area contributed by atoms with Crippen molar-refractivity contribution < 1.29 is 9.90 Å². The van der Waals surface area contributed by atoms with Gasteiger partial charge in [-0.05, 0) is 19.9 Å². The van der Waals surface area contributed by atoms with Gasteiger partial charge in [-0.25, -0.2) is 0 Å². The normalized spacial score (nSPS) is 13.3. The molecule has 1 N–H and O–H groups in total. The molecule has 0 saturated heterocycles. The minimum atomic E-state index is -0.472. The van der Waals surface area contributed by atoms with Crippen molar-refractivity contribution in [3.63, 3.8) is 0 Å². The summed E-state index contributed by atoms with van der Waals surface area (Å²) in [7, 11) is 1.67. The summed E-state index contributed by atoms with van der Waals surface area (Å²) in [6, 6.07) is 0. The summed E-state index contributed by atoms with van der Waals surface area (Å²) in [5, 5.41) is 9.75. The van der Waals surface area contributed by atoms with E-state index in [0.717, 1.165) is 25.9 Å². The van der Waals surface area contributed by atoms with Gasteiger partial charge in [0, 0.05) is 26.7 Å². The van der Waals surface area contributed by atoms with Gasteiger partial charge in [0.05, 0.1) is 6.10 Å². The van der Waals surface area contributed by atoms with Crippen LogP contribution in [-0.2, 0) is 4.79 Å². The Morgan fingerprint density at radius 3 is 2.56 bits per heavy atom. The monoisotopic (exact) mass is 228 g/mol. The zero-order valence-electron chi connectivity index (χ0n) is 10.6. The number of nitrogens with zero attached hydrogens (tertiary/aromatic N) is 2. The lowest BCUT2D eigenvalue weighted by Crippen LogP contribution is -2.39. The predicted octanol–water partition coefficient (Wildman–Crippen LogP) is 0.724. The van der Waals surface area contributed by atoms with E-state index in [4.69, 9.17) is 0 Å². The van der Waals surface area contributed by atoms with Crippen molar-refractivity contribution in [2.24, 2.45) is 0 Å². The summed E-state index contributed by atoms with van der Waals surface area (Å²) in [5.74, 6) is 0. The molecule has 0 rings (SSSR count). The smallest absolute Gasteiger partial charge is 0.209 e. The first-order valence-electron chi connectivity index (χ1n) is 5.81. The molecule has 4 nitrogen and oxygen atoms in total. The van der Waals surface area contributed by atoms with E-state index < -0.39 is 6.10 Å². The van der Waals surface area contributed by atoms with Crippen molar-refractivity contribution >= 4 is 6.41 Å². The average molecular weight is 228 g/mol. The van der Waals surface area contributed by atoms with E-state index >= 15 is 0 Å². The highest BCUT2D eigenvalue weighted by Crippen LogP contribution is 1.97. The third kappa shape index (κ3) is 7.43. The van der Waals surface area contributed by atoms with Crippen molar-refractivity contribution in [2.45, 2.75) is 26.4 Å². The van der Waals surface area contributed by atoms with Gasteiger partial charge in [-0.1, -0.05) is 19.1 Å². The van der Waals surface area contributed by atoms with E-state index in [-0.39, 0.29) is 0 Å². The summed E-state index contributed by atoms with van der Waals surface area (Å²) in [6.45, 7) is 6.95. The van der Waals surface area contributed by atoms with Gasteiger partial charge in [0.25, 0.3) is 0 Å². The number of hydrogen-bond donors (Lipinski definition) is 1. The molecular weight excluding hydrogens is 204 g/mol. The fraction of sp³-hybridized carbons (Fsp3) is 0.750. The van der Waals surface area contributed by atoms with Gasteiger partial charge in [-0.15, -0.1) is 0 Å². The molecule has 0 aliphatic heterocycles. The van der Waals surface area contributed by atoms with Gasteiger partial charge >= 0.3 is 0 Å². The van der Waals surface area contributed by atoms with Crippen LogP contribution in [0.5, 0.6) is 0 Å². The molecule has 1 amide bonds. The zero-order valence-corrected chi connectivity index (χ0v) is 10.6. The van der Waals surface area contributed by atoms with E-state index in [1.165, 1.54) is 4.90 Å². The first-order chi connectivity index (χ1) is 7.63. The quantitative estimate of drug-likeness (QED) is 0.467. The number of likely N-dealkylation sites (N-methyl/N-ethyl adjacent to an activating group) is 2. The third-order valence-corrected chi connectivity index (χ3v) is 2.44. The lowest BCUT2D eigenvalue weighted by molar-refractivity contribution is -0.118. The topological polar surface area (TPSA) is 43.8 Å². The van der Waals surface area contributed by atoms with Crippen molar-refractivity contribution in [1.29, 1.82) is 0 Å². The number of carbonyl (C=O) groups is 1. The van der Waals surface area contributed by atoms with E-state index in [2.05, 4.69) is 17.9 Å². The van der Waals surface area contributed by atoms with Crippen LogP contribution in [0.4, 0.5) is 0 Å². The Morgan fingerprint density at radius 1 is 1.38 bits per heavy atom. The number of allylic oxidation sites excluding steroid dienone is 1. The third-order valence-electron chi connectivity index (χ3n) is 2.44. The molecule has 1 atom stereocenters. The molecule has 0 aliphatic rings. The fourth-order valence-electron chi connectivity index (χ4n) is 1.53. The molecule has 0 saturated carbocycles. The van der Waals surface area contributed by atoms with Crippen molar-refractivity contribution in [3.8, 4) is 0 Å². The van der Waals surface area contributed by atoms with Crippen LogP contribution in [0.3, 0.4) is 0 Å². The second kappa shape index (κ2) is 9.36. The van der Waals surface area contributed by atoms with E-state index in [0.29, 0.717) is 13.1 Å². The molecule has 0 aliphatic carbocycles. The highest BCUT2D eigenvalue weighted by atomic mass is 16.3. The lowest BCUT2D eigenvalue weighted by Gasteiger charge is -2.24. The van der Waals surface area contributed by atoms with Crippen LogP contribution >= 0.6 is 0 Å². The molecule has 0 aromatic carbocycles. The van der Waals surface area contributed by atoms with Crippen LogP contribution < -0.4 is 0 Å². The highest BCUT2D eigenvalue weighted by molar-refractivity contribution is 5.46. The highest BCUT2D eigenvalue weighted by Gasteiger charge is 2.11. The second-order valence-corrected chi connectivity index (χ2v) is 3.95. The maximum Gasteiger partial charge on any atom is 0.209 e. The maximum atomic E-state index is 10.4. The van der Waals surface area contributed by atoms with Crippen LogP contribution in [0.25, 0.3) is 0 Å². The summed E-state index contributed by atoms with van der Waals surface area (Å²) in [6.07, 6.45) is 5.41. The molecular formula is C12H24N2O2. The standard InChI is InChI=1S/C12H24N2O2/c1-4-6-7-8-14(5-2)10-12(16)9-13(3)11-15/h4,6,11-12,16H,5,7-10H2,1-3H3/b6-4-. The average Bonchev–Trinajstić information content (AvgIpc) is 2.27. The zero-order chi connectivity index (χ0) is 12.4. The molecule has 1 unspecified atom stereocenters. The minimum absolute atomic E-state index is 0.392. The summed E-state index contributed by atoms with van der Waals surface area (Å²) in [4.78, 5) is 14.0. The SMILES string of the molecule is C/C=C\CCN(CC)CC(O)CN(C)C=O. The summed E-state index contributed by atoms with van der Waals surface area (Å²) >= 11 is 0. The number of aliphatic hydroxyl groups excluding tert-OH is 1. The number of rotatable bonds is 9. The predicted molar refractivity (Wildman–Crippen MR) is 66.2 cm³/mol. The summed E-state index contributed by atoms with van der Waals surface area (Å²) in [5.41, 5.74) is 0. The van der Waals surface area contributed by atoms with Crippen LogP contribution in [0.1, 0.15) is 20.3 Å². The van der Waals surface area contributed by atoms with E-state index in [1.807, 2.05) is 13.0 Å². The molecule has 0 fully saturated rings. The molecule has 0 spiro atoms. The molecule has 94 valence electrons. The van der Waals surface area contributed by atoms with Crippen molar-refractivity contribution in [1.82, 2.24) is 9.80 Å². The Bertz CT molecular complexity index is 207. The fourth-order valence-corrected chi connectivity index (χ4v) is 1.53. The van der Waals surface area contributed by atoms with Gasteiger partial charge in [0.15, 0.2) is 0 Å². The van der Waals surface area contributed by atoms with Crippen LogP contribution in [-0.4, -0.2) is 60.6 Å². The molecule has 0 aromatic rings. The van der Waals surface area contributed by atoms with Gasteiger partial charge in [-0.2, -0.15) is 0 Å². The van der Waals surface area contributed by atoms with Gasteiger partial charge in [0.2, 0.25) is 6.41 Å². The number of hydrogen-bond acceptors (Lipinski definition) is 3. The van der Waals surface area contributed by atoms with E-state index in [9.17, 15) is 9.90 Å². The number of carbonyl (C=O) groups excluding carboxylic acids is 1. The first kappa shape index (κ1) is 15.1. The molecule has 0 heterocycles. The molecule has 0 radical (unpaired) electrons. The van der Waals surface area contributed by atoms with Crippen molar-refractivity contribution in [3.05, 3.63) is 12.2 Å². The van der Waals surface area contributed by atoms with Gasteiger partial charge in [-0.3, -0.25) is 4.79 Å². The van der Waals surface area contributed by atoms with Crippen LogP contribution in [0, 0.1) is 0 Å². The Kier molecular flexibility index (Phi) is 8.85. The molecule has 4 heteroatoms. The van der Waals surface area contributed by atoms with Crippen molar-refractivity contribution in [2.75, 3.05) is 33.2 Å². The summed E-state index contributed by atoms with van der Waals surface area (Å²) < 4.78 is 0. The van der Waals surface area contributed by atoms with Gasteiger partial charge in [0.1, 0.15) is 0 Å². The molecule has 0 bridgehead atoms.